The van der Waals surface area contributed by atoms with Gasteiger partial charge in [-0.1, -0.05) is 6.07 Å². The molecular weight excluding hydrogens is 283 g/mol. The molecule has 2 rings (SSSR count). The number of halogens is 1. The highest BCUT2D eigenvalue weighted by molar-refractivity contribution is 7.89. The molecule has 2 aromatic rings. The normalized spacial score (nSPS) is 11.8. The molecule has 0 amide bonds. The van der Waals surface area contributed by atoms with Crippen LogP contribution in [0.15, 0.2) is 35.5 Å². The molecule has 1 heterocycles. The molecule has 108 valence electrons. The minimum atomic E-state index is -3.82. The van der Waals surface area contributed by atoms with E-state index in [9.17, 15) is 12.8 Å². The molecule has 0 radical (unpaired) electrons. The SMILES string of the molecule is Cn1cc(CNS(=O)(=O)c2cccc(F)c2CN)cn1. The Hall–Kier alpha value is -1.77. The molecule has 0 aliphatic rings. The van der Waals surface area contributed by atoms with Gasteiger partial charge in [-0.2, -0.15) is 5.10 Å². The lowest BCUT2D eigenvalue weighted by Crippen LogP contribution is -2.25. The van der Waals surface area contributed by atoms with Crippen LogP contribution in [0.4, 0.5) is 4.39 Å². The van der Waals surface area contributed by atoms with Crippen LogP contribution < -0.4 is 10.5 Å². The van der Waals surface area contributed by atoms with Crippen LogP contribution in [0.25, 0.3) is 0 Å². The molecule has 1 aromatic carbocycles. The molecule has 0 atom stereocenters. The average molecular weight is 298 g/mol. The highest BCUT2D eigenvalue weighted by Crippen LogP contribution is 2.18. The van der Waals surface area contributed by atoms with Crippen LogP contribution in [0.3, 0.4) is 0 Å². The molecule has 0 saturated carbocycles. The molecule has 0 spiro atoms. The van der Waals surface area contributed by atoms with E-state index in [1.54, 1.807) is 24.1 Å². The topological polar surface area (TPSA) is 90.0 Å². The Kier molecular flexibility index (Phi) is 4.17. The van der Waals surface area contributed by atoms with Crippen LogP contribution in [0, 0.1) is 5.82 Å². The summed E-state index contributed by atoms with van der Waals surface area (Å²) in [7, 11) is -2.09. The van der Waals surface area contributed by atoms with E-state index < -0.39 is 15.8 Å². The van der Waals surface area contributed by atoms with E-state index in [-0.39, 0.29) is 23.5 Å². The first-order valence-corrected chi connectivity index (χ1v) is 7.37. The van der Waals surface area contributed by atoms with E-state index in [1.165, 1.54) is 18.2 Å². The monoisotopic (exact) mass is 298 g/mol. The summed E-state index contributed by atoms with van der Waals surface area (Å²) in [5, 5.41) is 3.94. The maximum absolute atomic E-state index is 13.6. The summed E-state index contributed by atoms with van der Waals surface area (Å²) < 4.78 is 41.9. The number of benzene rings is 1. The summed E-state index contributed by atoms with van der Waals surface area (Å²) in [6.07, 6.45) is 3.25. The molecule has 0 fully saturated rings. The third-order valence-electron chi connectivity index (χ3n) is 2.79. The van der Waals surface area contributed by atoms with Gasteiger partial charge in [-0.25, -0.2) is 17.5 Å². The molecule has 0 bridgehead atoms. The van der Waals surface area contributed by atoms with E-state index in [2.05, 4.69) is 9.82 Å². The van der Waals surface area contributed by atoms with Crippen molar-refractivity contribution in [3.8, 4) is 0 Å². The molecule has 0 saturated heterocycles. The van der Waals surface area contributed by atoms with E-state index in [1.807, 2.05) is 0 Å². The fourth-order valence-electron chi connectivity index (χ4n) is 1.81. The Morgan fingerprint density at radius 3 is 2.80 bits per heavy atom. The Labute approximate surface area is 116 Å². The lowest BCUT2D eigenvalue weighted by atomic mass is 10.2. The van der Waals surface area contributed by atoms with Gasteiger partial charge in [0.2, 0.25) is 10.0 Å². The first-order valence-electron chi connectivity index (χ1n) is 5.88. The second-order valence-electron chi connectivity index (χ2n) is 4.27. The maximum Gasteiger partial charge on any atom is 0.241 e. The molecule has 8 heteroatoms. The zero-order valence-electron chi connectivity index (χ0n) is 10.9. The maximum atomic E-state index is 13.6. The van der Waals surface area contributed by atoms with Crippen LogP contribution in [0.1, 0.15) is 11.1 Å². The van der Waals surface area contributed by atoms with Crippen LogP contribution >= 0.6 is 0 Å². The van der Waals surface area contributed by atoms with Crippen molar-refractivity contribution in [3.05, 3.63) is 47.5 Å². The Morgan fingerprint density at radius 1 is 1.45 bits per heavy atom. The summed E-state index contributed by atoms with van der Waals surface area (Å²) in [5.41, 5.74) is 6.10. The van der Waals surface area contributed by atoms with Crippen LogP contribution in [0.2, 0.25) is 0 Å². The minimum Gasteiger partial charge on any atom is -0.326 e. The molecule has 3 N–H and O–H groups in total. The van der Waals surface area contributed by atoms with Crippen LogP contribution in [0.5, 0.6) is 0 Å². The van der Waals surface area contributed by atoms with Crippen molar-refractivity contribution >= 4 is 10.0 Å². The minimum absolute atomic E-state index is 0.0220. The molecule has 1 aromatic heterocycles. The van der Waals surface area contributed by atoms with E-state index in [4.69, 9.17) is 5.73 Å². The van der Waals surface area contributed by atoms with Crippen molar-refractivity contribution in [1.29, 1.82) is 0 Å². The predicted molar refractivity (Wildman–Crippen MR) is 71.5 cm³/mol. The zero-order chi connectivity index (χ0) is 14.8. The molecule has 0 aliphatic carbocycles. The number of hydrogen-bond donors (Lipinski definition) is 2. The number of rotatable bonds is 5. The van der Waals surface area contributed by atoms with Gasteiger partial charge in [0.1, 0.15) is 5.82 Å². The van der Waals surface area contributed by atoms with Crippen molar-refractivity contribution in [2.45, 2.75) is 18.0 Å². The molecule has 6 nitrogen and oxygen atoms in total. The van der Waals surface area contributed by atoms with E-state index in [0.29, 0.717) is 5.56 Å². The number of nitrogens with two attached hydrogens (primary N) is 1. The van der Waals surface area contributed by atoms with Crippen LogP contribution in [-0.2, 0) is 30.2 Å². The van der Waals surface area contributed by atoms with Gasteiger partial charge in [-0.3, -0.25) is 4.68 Å². The quantitative estimate of drug-likeness (QED) is 0.841. The summed E-state index contributed by atoms with van der Waals surface area (Å²) in [6.45, 7) is -0.105. The zero-order valence-corrected chi connectivity index (χ0v) is 11.7. The van der Waals surface area contributed by atoms with E-state index >= 15 is 0 Å². The molecule has 0 unspecified atom stereocenters. The first kappa shape index (κ1) is 14.6. The number of aromatic nitrogens is 2. The predicted octanol–water partition coefficient (Wildman–Crippen LogP) is 0.496. The smallest absolute Gasteiger partial charge is 0.241 e. The van der Waals surface area contributed by atoms with Gasteiger partial charge in [0.15, 0.2) is 0 Å². The highest BCUT2D eigenvalue weighted by Gasteiger charge is 2.20. The van der Waals surface area contributed by atoms with Gasteiger partial charge < -0.3 is 5.73 Å². The highest BCUT2D eigenvalue weighted by atomic mass is 32.2. The lowest BCUT2D eigenvalue weighted by molar-refractivity contribution is 0.571. The summed E-state index contributed by atoms with van der Waals surface area (Å²) in [4.78, 5) is -0.135. The summed E-state index contributed by atoms with van der Waals surface area (Å²) in [5.74, 6) is -0.628. The number of nitrogens with one attached hydrogen (secondary N) is 1. The van der Waals surface area contributed by atoms with Gasteiger partial charge >= 0.3 is 0 Å². The molecule has 0 aliphatic heterocycles. The molecular formula is C12H15FN4O2S. The lowest BCUT2D eigenvalue weighted by Gasteiger charge is -2.10. The second kappa shape index (κ2) is 5.70. The Morgan fingerprint density at radius 2 is 2.20 bits per heavy atom. The van der Waals surface area contributed by atoms with Crippen molar-refractivity contribution < 1.29 is 12.8 Å². The largest absolute Gasteiger partial charge is 0.326 e. The molecule has 20 heavy (non-hydrogen) atoms. The third kappa shape index (κ3) is 3.03. The van der Waals surface area contributed by atoms with Crippen molar-refractivity contribution in [1.82, 2.24) is 14.5 Å². The van der Waals surface area contributed by atoms with Gasteiger partial charge in [-0.15, -0.1) is 0 Å². The van der Waals surface area contributed by atoms with Crippen molar-refractivity contribution in [3.63, 3.8) is 0 Å². The second-order valence-corrected chi connectivity index (χ2v) is 6.00. The van der Waals surface area contributed by atoms with Crippen molar-refractivity contribution in [2.75, 3.05) is 0 Å². The van der Waals surface area contributed by atoms with Gasteiger partial charge in [0.05, 0.1) is 11.1 Å². The fourth-order valence-corrected chi connectivity index (χ4v) is 3.08. The van der Waals surface area contributed by atoms with Gasteiger partial charge in [0, 0.05) is 37.5 Å². The average Bonchev–Trinajstić information content (AvgIpc) is 2.82. The third-order valence-corrected chi connectivity index (χ3v) is 4.28. The van der Waals surface area contributed by atoms with Gasteiger partial charge in [-0.05, 0) is 12.1 Å². The summed E-state index contributed by atoms with van der Waals surface area (Å²) >= 11 is 0. The number of aryl methyl sites for hydroxylation is 1. The number of sulfonamides is 1. The van der Waals surface area contributed by atoms with E-state index in [0.717, 1.165) is 0 Å². The Bertz CT molecular complexity index is 712. The Balaban J connectivity index is 2.24. The van der Waals surface area contributed by atoms with Gasteiger partial charge in [0.25, 0.3) is 0 Å². The first-order chi connectivity index (χ1) is 9.44. The van der Waals surface area contributed by atoms with Crippen molar-refractivity contribution in [2.24, 2.45) is 12.8 Å². The fraction of sp³-hybridized carbons (Fsp3) is 0.250. The number of hydrogen-bond acceptors (Lipinski definition) is 4. The van der Waals surface area contributed by atoms with Crippen LogP contribution in [-0.4, -0.2) is 18.2 Å². The number of nitrogens with zero attached hydrogens (tertiary/aromatic N) is 2. The standard InChI is InChI=1S/C12H15FN4O2S/c1-17-8-9(6-15-17)7-16-20(18,19)12-4-2-3-11(13)10(12)5-14/h2-4,6,8,16H,5,7,14H2,1H3. The summed E-state index contributed by atoms with van der Waals surface area (Å²) in [6, 6.07) is 3.85.